The molecule has 0 heterocycles. The van der Waals surface area contributed by atoms with Crippen LogP contribution in [0, 0.1) is 0 Å². The number of carbonyl (C=O) groups excluding carboxylic acids is 3. The fourth-order valence-electron chi connectivity index (χ4n) is 2.03. The molecule has 0 atom stereocenters. The van der Waals surface area contributed by atoms with Gasteiger partial charge < -0.3 is 20.1 Å². The second-order valence-corrected chi connectivity index (χ2v) is 5.32. The van der Waals surface area contributed by atoms with Crippen LogP contribution >= 0.6 is 0 Å². The first-order chi connectivity index (χ1) is 12.5. The van der Waals surface area contributed by atoms with E-state index in [9.17, 15) is 14.4 Å². The molecule has 2 aromatic rings. The monoisotopic (exact) mass is 356 g/mol. The summed E-state index contributed by atoms with van der Waals surface area (Å²) in [6, 6.07) is 13.4. The summed E-state index contributed by atoms with van der Waals surface area (Å²) < 4.78 is 9.81. The first kappa shape index (κ1) is 19.0. The minimum Gasteiger partial charge on any atom is -0.497 e. The Bertz CT molecular complexity index is 770. The summed E-state index contributed by atoms with van der Waals surface area (Å²) in [4.78, 5) is 34.9. The van der Waals surface area contributed by atoms with Crippen molar-refractivity contribution >= 4 is 29.2 Å². The lowest BCUT2D eigenvalue weighted by molar-refractivity contribution is -0.146. The van der Waals surface area contributed by atoms with Gasteiger partial charge in [-0.3, -0.25) is 14.4 Å². The molecule has 0 bridgehead atoms. The van der Waals surface area contributed by atoms with Crippen LogP contribution in [0.15, 0.2) is 48.5 Å². The maximum absolute atomic E-state index is 12.2. The molecule has 7 nitrogen and oxygen atoms in total. The van der Waals surface area contributed by atoms with Gasteiger partial charge in [0, 0.05) is 23.4 Å². The molecule has 0 fully saturated rings. The summed E-state index contributed by atoms with van der Waals surface area (Å²) in [6.45, 7) is 1.31. The Morgan fingerprint density at radius 1 is 0.885 bits per heavy atom. The molecule has 0 saturated heterocycles. The highest BCUT2D eigenvalue weighted by molar-refractivity contribution is 6.04. The maximum Gasteiger partial charge on any atom is 0.306 e. The number of amides is 2. The van der Waals surface area contributed by atoms with Gasteiger partial charge in [-0.25, -0.2) is 0 Å². The molecule has 0 aliphatic heterocycles. The van der Waals surface area contributed by atoms with Crippen molar-refractivity contribution in [2.75, 3.05) is 24.4 Å². The molecule has 0 spiro atoms. The van der Waals surface area contributed by atoms with E-state index in [1.54, 1.807) is 62.6 Å². The van der Waals surface area contributed by atoms with E-state index in [0.29, 0.717) is 22.7 Å². The predicted molar refractivity (Wildman–Crippen MR) is 97.3 cm³/mol. The van der Waals surface area contributed by atoms with Crippen molar-refractivity contribution in [2.45, 2.75) is 13.3 Å². The first-order valence-electron chi connectivity index (χ1n) is 8.02. The van der Waals surface area contributed by atoms with Crippen LogP contribution < -0.4 is 15.4 Å². The zero-order valence-corrected chi connectivity index (χ0v) is 14.6. The van der Waals surface area contributed by atoms with Crippen LogP contribution in [0.2, 0.25) is 0 Å². The van der Waals surface area contributed by atoms with Gasteiger partial charge in [0.25, 0.3) is 11.8 Å². The van der Waals surface area contributed by atoms with Crippen molar-refractivity contribution in [1.82, 2.24) is 0 Å². The summed E-state index contributed by atoms with van der Waals surface area (Å²) in [5.74, 6) is -0.453. The van der Waals surface area contributed by atoms with Gasteiger partial charge in [-0.15, -0.1) is 0 Å². The molecule has 2 amide bonds. The number of hydrogen-bond donors (Lipinski definition) is 2. The fourth-order valence-corrected chi connectivity index (χ4v) is 2.03. The number of methoxy groups -OCH3 is 1. The second kappa shape index (κ2) is 9.22. The van der Waals surface area contributed by atoms with E-state index in [0.717, 1.165) is 0 Å². The molecule has 0 aromatic heterocycles. The van der Waals surface area contributed by atoms with Crippen LogP contribution in [0.5, 0.6) is 5.75 Å². The average molecular weight is 356 g/mol. The number of hydrogen-bond acceptors (Lipinski definition) is 5. The molecule has 0 saturated carbocycles. The Labute approximate surface area is 151 Å². The highest BCUT2D eigenvalue weighted by Crippen LogP contribution is 2.16. The molecular weight excluding hydrogens is 336 g/mol. The van der Waals surface area contributed by atoms with Crippen LogP contribution in [-0.4, -0.2) is 31.5 Å². The van der Waals surface area contributed by atoms with Crippen LogP contribution in [0.4, 0.5) is 11.4 Å². The lowest BCUT2D eigenvalue weighted by Crippen LogP contribution is -2.20. The van der Waals surface area contributed by atoms with Crippen LogP contribution in [-0.2, 0) is 14.3 Å². The van der Waals surface area contributed by atoms with E-state index in [1.807, 2.05) is 0 Å². The Kier molecular flexibility index (Phi) is 6.73. The van der Waals surface area contributed by atoms with Gasteiger partial charge in [-0.2, -0.15) is 0 Å². The fraction of sp³-hybridized carbons (Fsp3) is 0.211. The number of nitrogens with one attached hydrogen (secondary N) is 2. The lowest BCUT2D eigenvalue weighted by atomic mass is 10.2. The zero-order chi connectivity index (χ0) is 18.9. The molecular formula is C19H20N2O5. The minimum absolute atomic E-state index is 0.214. The van der Waals surface area contributed by atoms with Crippen molar-refractivity contribution in [3.05, 3.63) is 54.1 Å². The smallest absolute Gasteiger partial charge is 0.306 e. The molecule has 0 radical (unpaired) electrons. The van der Waals surface area contributed by atoms with Crippen molar-refractivity contribution < 1.29 is 23.9 Å². The molecule has 7 heteroatoms. The molecule has 2 rings (SSSR count). The second-order valence-electron chi connectivity index (χ2n) is 5.32. The van der Waals surface area contributed by atoms with Gasteiger partial charge in [-0.1, -0.05) is 6.92 Å². The van der Waals surface area contributed by atoms with Gasteiger partial charge in [0.15, 0.2) is 6.61 Å². The van der Waals surface area contributed by atoms with E-state index < -0.39 is 11.9 Å². The number of carbonyl (C=O) groups is 3. The molecule has 0 unspecified atom stereocenters. The van der Waals surface area contributed by atoms with E-state index in [-0.39, 0.29) is 18.9 Å². The predicted octanol–water partition coefficient (Wildman–Crippen LogP) is 2.84. The minimum atomic E-state index is -0.442. The Hall–Kier alpha value is -3.35. The molecule has 2 N–H and O–H groups in total. The summed E-state index contributed by atoms with van der Waals surface area (Å²) in [5, 5.41) is 5.36. The molecule has 0 aliphatic rings. The van der Waals surface area contributed by atoms with Crippen LogP contribution in [0.3, 0.4) is 0 Å². The SMILES string of the molecule is CCC(=O)OCC(=O)Nc1ccc(C(=O)Nc2ccc(OC)cc2)cc1. The quantitative estimate of drug-likeness (QED) is 0.744. The number of ether oxygens (including phenoxy) is 2. The van der Waals surface area contributed by atoms with Gasteiger partial charge in [0.1, 0.15) is 5.75 Å². The number of esters is 1. The summed E-state index contributed by atoms with van der Waals surface area (Å²) in [7, 11) is 1.57. The van der Waals surface area contributed by atoms with Gasteiger partial charge in [0.2, 0.25) is 0 Å². The molecule has 2 aromatic carbocycles. The Morgan fingerprint density at radius 2 is 1.46 bits per heavy atom. The third-order valence-corrected chi connectivity index (χ3v) is 3.43. The highest BCUT2D eigenvalue weighted by atomic mass is 16.5. The molecule has 136 valence electrons. The number of anilines is 2. The van der Waals surface area contributed by atoms with Crippen LogP contribution in [0.25, 0.3) is 0 Å². The van der Waals surface area contributed by atoms with Crippen LogP contribution in [0.1, 0.15) is 23.7 Å². The number of benzene rings is 2. The van der Waals surface area contributed by atoms with Crippen molar-refractivity contribution in [2.24, 2.45) is 0 Å². The van der Waals surface area contributed by atoms with Crippen molar-refractivity contribution in [1.29, 1.82) is 0 Å². The Morgan fingerprint density at radius 3 is 2.04 bits per heavy atom. The maximum atomic E-state index is 12.2. The summed E-state index contributed by atoms with van der Waals surface area (Å²) in [6.07, 6.45) is 0.214. The van der Waals surface area contributed by atoms with E-state index >= 15 is 0 Å². The highest BCUT2D eigenvalue weighted by Gasteiger charge is 2.09. The topological polar surface area (TPSA) is 93.7 Å². The third kappa shape index (κ3) is 5.62. The van der Waals surface area contributed by atoms with Gasteiger partial charge in [0.05, 0.1) is 7.11 Å². The molecule has 26 heavy (non-hydrogen) atoms. The lowest BCUT2D eigenvalue weighted by Gasteiger charge is -2.08. The van der Waals surface area contributed by atoms with Gasteiger partial charge in [-0.05, 0) is 48.5 Å². The molecule has 0 aliphatic carbocycles. The Balaban J connectivity index is 1.90. The van der Waals surface area contributed by atoms with E-state index in [4.69, 9.17) is 9.47 Å². The van der Waals surface area contributed by atoms with E-state index in [1.165, 1.54) is 0 Å². The average Bonchev–Trinajstić information content (AvgIpc) is 2.67. The first-order valence-corrected chi connectivity index (χ1v) is 8.02. The largest absolute Gasteiger partial charge is 0.497 e. The van der Waals surface area contributed by atoms with Gasteiger partial charge >= 0.3 is 5.97 Å². The number of rotatable bonds is 7. The third-order valence-electron chi connectivity index (χ3n) is 3.43. The van der Waals surface area contributed by atoms with E-state index in [2.05, 4.69) is 10.6 Å². The van der Waals surface area contributed by atoms with Crippen molar-refractivity contribution in [3.63, 3.8) is 0 Å². The van der Waals surface area contributed by atoms with Crippen molar-refractivity contribution in [3.8, 4) is 5.75 Å². The standard InChI is InChI=1S/C19H20N2O5/c1-3-18(23)26-12-17(22)20-14-6-4-13(5-7-14)19(24)21-15-8-10-16(25-2)11-9-15/h4-11H,3,12H2,1-2H3,(H,20,22)(H,21,24). The summed E-state index contributed by atoms with van der Waals surface area (Å²) in [5.41, 5.74) is 1.59. The normalized spacial score (nSPS) is 9.92. The zero-order valence-electron chi connectivity index (χ0n) is 14.6. The summed E-state index contributed by atoms with van der Waals surface area (Å²) >= 11 is 0.